The average Bonchev–Trinajstić information content (AvgIpc) is 2.49. The minimum absolute atomic E-state index is 0.435. The monoisotopic (exact) mass is 269 g/mol. The summed E-state index contributed by atoms with van der Waals surface area (Å²) in [6, 6.07) is 4.18. The van der Waals surface area contributed by atoms with E-state index in [2.05, 4.69) is 39.0 Å². The maximum Gasteiger partial charge on any atom is 0.141 e. The quantitative estimate of drug-likeness (QED) is 0.902. The van der Waals surface area contributed by atoms with Crippen molar-refractivity contribution in [2.75, 3.05) is 25.9 Å². The van der Waals surface area contributed by atoms with Gasteiger partial charge in [0, 0.05) is 23.4 Å². The Labute approximate surface area is 118 Å². The molecular weight excluding hydrogens is 250 g/mol. The van der Waals surface area contributed by atoms with Crippen LogP contribution in [0.15, 0.2) is 30.7 Å². The Bertz CT molecular complexity index is 556. The largest absolute Gasteiger partial charge is 0.382 e. The SMILES string of the molecule is CN1CCC(c2ccc(-c3cnc(N)cn3)cn2)CC1. The Morgan fingerprint density at radius 2 is 1.85 bits per heavy atom. The van der Waals surface area contributed by atoms with Crippen LogP contribution < -0.4 is 5.73 Å². The lowest BCUT2D eigenvalue weighted by Gasteiger charge is -2.28. The molecule has 5 heteroatoms. The van der Waals surface area contributed by atoms with Crippen molar-refractivity contribution in [2.45, 2.75) is 18.8 Å². The predicted octanol–water partition coefficient (Wildman–Crippen LogP) is 1.93. The van der Waals surface area contributed by atoms with E-state index in [1.54, 1.807) is 12.4 Å². The van der Waals surface area contributed by atoms with Gasteiger partial charge in [0.1, 0.15) is 5.82 Å². The van der Waals surface area contributed by atoms with Crippen LogP contribution in [-0.2, 0) is 0 Å². The van der Waals surface area contributed by atoms with Gasteiger partial charge in [-0.05, 0) is 45.1 Å². The van der Waals surface area contributed by atoms with Gasteiger partial charge in [0.2, 0.25) is 0 Å². The molecule has 0 aliphatic carbocycles. The molecule has 5 nitrogen and oxygen atoms in total. The van der Waals surface area contributed by atoms with Crippen LogP contribution in [0, 0.1) is 0 Å². The number of anilines is 1. The Morgan fingerprint density at radius 3 is 2.45 bits per heavy atom. The molecule has 20 heavy (non-hydrogen) atoms. The lowest BCUT2D eigenvalue weighted by Crippen LogP contribution is -2.29. The molecule has 0 bridgehead atoms. The summed E-state index contributed by atoms with van der Waals surface area (Å²) in [5.74, 6) is 1.02. The maximum atomic E-state index is 5.54. The highest BCUT2D eigenvalue weighted by Gasteiger charge is 2.19. The third kappa shape index (κ3) is 2.77. The summed E-state index contributed by atoms with van der Waals surface area (Å²) in [7, 11) is 2.17. The minimum atomic E-state index is 0.435. The Balaban J connectivity index is 1.76. The zero-order chi connectivity index (χ0) is 13.9. The van der Waals surface area contributed by atoms with E-state index in [-0.39, 0.29) is 0 Å². The van der Waals surface area contributed by atoms with Crippen LogP contribution in [0.4, 0.5) is 5.82 Å². The molecule has 1 saturated heterocycles. The van der Waals surface area contributed by atoms with Crippen LogP contribution in [0.25, 0.3) is 11.3 Å². The lowest BCUT2D eigenvalue weighted by atomic mass is 9.93. The van der Waals surface area contributed by atoms with E-state index in [9.17, 15) is 0 Å². The summed E-state index contributed by atoms with van der Waals surface area (Å²) in [6.07, 6.45) is 7.50. The molecule has 1 aliphatic heterocycles. The average molecular weight is 269 g/mol. The summed E-state index contributed by atoms with van der Waals surface area (Å²) in [5, 5.41) is 0. The third-order valence-corrected chi connectivity index (χ3v) is 3.89. The molecular formula is C15H19N5. The van der Waals surface area contributed by atoms with E-state index in [0.29, 0.717) is 11.7 Å². The van der Waals surface area contributed by atoms with Crippen molar-refractivity contribution in [1.82, 2.24) is 19.9 Å². The number of rotatable bonds is 2. The van der Waals surface area contributed by atoms with Crippen LogP contribution in [0.5, 0.6) is 0 Å². The molecule has 0 saturated carbocycles. The molecule has 2 aromatic rings. The number of nitrogens with zero attached hydrogens (tertiary/aromatic N) is 4. The fourth-order valence-electron chi connectivity index (χ4n) is 2.59. The van der Waals surface area contributed by atoms with Crippen molar-refractivity contribution < 1.29 is 0 Å². The van der Waals surface area contributed by atoms with E-state index in [1.165, 1.54) is 18.5 Å². The highest BCUT2D eigenvalue weighted by molar-refractivity contribution is 5.57. The number of hydrogen-bond acceptors (Lipinski definition) is 5. The smallest absolute Gasteiger partial charge is 0.141 e. The highest BCUT2D eigenvalue weighted by atomic mass is 15.1. The topological polar surface area (TPSA) is 67.9 Å². The second kappa shape index (κ2) is 5.54. The van der Waals surface area contributed by atoms with E-state index in [1.807, 2.05) is 6.20 Å². The molecule has 0 aromatic carbocycles. The fraction of sp³-hybridized carbons (Fsp3) is 0.400. The summed E-state index contributed by atoms with van der Waals surface area (Å²) < 4.78 is 0. The van der Waals surface area contributed by atoms with E-state index >= 15 is 0 Å². The maximum absolute atomic E-state index is 5.54. The molecule has 1 aliphatic rings. The van der Waals surface area contributed by atoms with Crippen LogP contribution in [0.3, 0.4) is 0 Å². The molecule has 3 rings (SSSR count). The van der Waals surface area contributed by atoms with Crippen molar-refractivity contribution in [1.29, 1.82) is 0 Å². The zero-order valence-electron chi connectivity index (χ0n) is 11.7. The number of nitrogen functional groups attached to an aromatic ring is 1. The van der Waals surface area contributed by atoms with Crippen molar-refractivity contribution in [3.05, 3.63) is 36.4 Å². The number of nitrogens with two attached hydrogens (primary N) is 1. The van der Waals surface area contributed by atoms with E-state index < -0.39 is 0 Å². The van der Waals surface area contributed by atoms with E-state index in [4.69, 9.17) is 5.73 Å². The first-order valence-corrected chi connectivity index (χ1v) is 6.95. The molecule has 0 radical (unpaired) electrons. The number of pyridine rings is 1. The van der Waals surface area contributed by atoms with Gasteiger partial charge in [0.05, 0.1) is 18.1 Å². The first-order valence-electron chi connectivity index (χ1n) is 6.95. The molecule has 0 spiro atoms. The second-order valence-corrected chi connectivity index (χ2v) is 5.38. The number of hydrogen-bond donors (Lipinski definition) is 1. The van der Waals surface area contributed by atoms with Crippen molar-refractivity contribution >= 4 is 5.82 Å². The van der Waals surface area contributed by atoms with Crippen molar-refractivity contribution in [3.63, 3.8) is 0 Å². The van der Waals surface area contributed by atoms with Gasteiger partial charge in [-0.1, -0.05) is 0 Å². The van der Waals surface area contributed by atoms with Gasteiger partial charge in [-0.3, -0.25) is 9.97 Å². The second-order valence-electron chi connectivity index (χ2n) is 5.38. The summed E-state index contributed by atoms with van der Waals surface area (Å²) in [5.41, 5.74) is 8.52. The van der Waals surface area contributed by atoms with Crippen LogP contribution in [0.1, 0.15) is 24.5 Å². The Hall–Kier alpha value is -2.01. The molecule has 3 heterocycles. The molecule has 0 atom stereocenters. The van der Waals surface area contributed by atoms with Gasteiger partial charge in [-0.15, -0.1) is 0 Å². The first kappa shape index (κ1) is 13.0. The van der Waals surface area contributed by atoms with Crippen LogP contribution in [-0.4, -0.2) is 40.0 Å². The van der Waals surface area contributed by atoms with E-state index in [0.717, 1.165) is 24.3 Å². The molecule has 2 aromatic heterocycles. The standard InChI is InChI=1S/C15H19N5/c1-20-6-4-11(5-7-20)13-3-2-12(8-17-13)14-9-19-15(16)10-18-14/h2-3,8-11H,4-7H2,1H3,(H2,16,19). The Morgan fingerprint density at radius 1 is 1.05 bits per heavy atom. The van der Waals surface area contributed by atoms with Crippen LogP contribution >= 0.6 is 0 Å². The summed E-state index contributed by atoms with van der Waals surface area (Å²) >= 11 is 0. The molecule has 1 fully saturated rings. The highest BCUT2D eigenvalue weighted by Crippen LogP contribution is 2.27. The first-order chi connectivity index (χ1) is 9.72. The van der Waals surface area contributed by atoms with Crippen LogP contribution in [0.2, 0.25) is 0 Å². The zero-order valence-corrected chi connectivity index (χ0v) is 11.7. The Kier molecular flexibility index (Phi) is 3.60. The van der Waals surface area contributed by atoms with Gasteiger partial charge in [0.25, 0.3) is 0 Å². The number of aromatic nitrogens is 3. The van der Waals surface area contributed by atoms with Gasteiger partial charge < -0.3 is 10.6 Å². The normalized spacial score (nSPS) is 17.2. The minimum Gasteiger partial charge on any atom is -0.382 e. The lowest BCUT2D eigenvalue weighted by molar-refractivity contribution is 0.253. The predicted molar refractivity (Wildman–Crippen MR) is 79.1 cm³/mol. The number of piperidine rings is 1. The van der Waals surface area contributed by atoms with Gasteiger partial charge in [0.15, 0.2) is 0 Å². The molecule has 104 valence electrons. The van der Waals surface area contributed by atoms with Crippen molar-refractivity contribution in [3.8, 4) is 11.3 Å². The molecule has 2 N–H and O–H groups in total. The molecule has 0 unspecified atom stereocenters. The molecule has 0 amide bonds. The summed E-state index contributed by atoms with van der Waals surface area (Å²) in [4.78, 5) is 15.3. The fourth-order valence-corrected chi connectivity index (χ4v) is 2.59. The van der Waals surface area contributed by atoms with Gasteiger partial charge in [-0.25, -0.2) is 4.98 Å². The van der Waals surface area contributed by atoms with Gasteiger partial charge >= 0.3 is 0 Å². The van der Waals surface area contributed by atoms with Gasteiger partial charge in [-0.2, -0.15) is 0 Å². The van der Waals surface area contributed by atoms with Crippen molar-refractivity contribution in [2.24, 2.45) is 0 Å². The third-order valence-electron chi connectivity index (χ3n) is 3.89. The summed E-state index contributed by atoms with van der Waals surface area (Å²) in [6.45, 7) is 2.30. The number of likely N-dealkylation sites (tertiary alicyclic amines) is 1.